The zero-order valence-corrected chi connectivity index (χ0v) is 18.9. The lowest BCUT2D eigenvalue weighted by molar-refractivity contribution is -0.148. The van der Waals surface area contributed by atoms with Gasteiger partial charge in [0.2, 0.25) is 5.91 Å². The molecule has 0 bridgehead atoms. The number of carboxylic acids is 1. The van der Waals surface area contributed by atoms with E-state index in [1.165, 1.54) is 22.3 Å². The van der Waals surface area contributed by atoms with Gasteiger partial charge < -0.3 is 20.1 Å². The summed E-state index contributed by atoms with van der Waals surface area (Å²) in [5.41, 5.74) is 4.38. The van der Waals surface area contributed by atoms with E-state index in [4.69, 9.17) is 9.84 Å². The Morgan fingerprint density at radius 1 is 1.00 bits per heavy atom. The topological polar surface area (TPSA) is 95.9 Å². The van der Waals surface area contributed by atoms with Crippen molar-refractivity contribution in [3.8, 4) is 11.1 Å². The number of likely N-dealkylation sites (tertiary alicyclic amines) is 1. The lowest BCUT2D eigenvalue weighted by Crippen LogP contribution is -2.53. The molecule has 2 saturated carbocycles. The number of alkyl carbamates (subject to hydrolysis) is 1. The van der Waals surface area contributed by atoms with Gasteiger partial charge in [0.1, 0.15) is 6.61 Å². The Labute approximate surface area is 198 Å². The first-order valence-electron chi connectivity index (χ1n) is 12.1. The van der Waals surface area contributed by atoms with Crippen LogP contribution in [0.2, 0.25) is 0 Å². The first-order valence-corrected chi connectivity index (χ1v) is 12.1. The molecule has 0 aromatic heterocycles. The van der Waals surface area contributed by atoms with Crippen molar-refractivity contribution in [2.75, 3.05) is 19.7 Å². The predicted octanol–water partition coefficient (Wildman–Crippen LogP) is 3.63. The number of fused-ring (bicyclic) bond motifs is 4. The molecular formula is C27H28N2O5. The molecule has 2 aromatic rings. The summed E-state index contributed by atoms with van der Waals surface area (Å²) in [6.45, 7) is 1.34. The molecule has 3 aliphatic carbocycles. The Morgan fingerprint density at radius 3 is 2.29 bits per heavy atom. The molecule has 1 aliphatic heterocycles. The second-order valence-corrected chi connectivity index (χ2v) is 10.3. The van der Waals surface area contributed by atoms with Gasteiger partial charge in [0.25, 0.3) is 0 Å². The van der Waals surface area contributed by atoms with Gasteiger partial charge in [-0.1, -0.05) is 48.5 Å². The van der Waals surface area contributed by atoms with Gasteiger partial charge in [-0.2, -0.15) is 0 Å². The van der Waals surface area contributed by atoms with Crippen LogP contribution in [0.15, 0.2) is 48.5 Å². The molecule has 1 heterocycles. The number of rotatable bonds is 6. The van der Waals surface area contributed by atoms with E-state index in [-0.39, 0.29) is 42.2 Å². The summed E-state index contributed by atoms with van der Waals surface area (Å²) in [6.07, 6.45) is 1.99. The summed E-state index contributed by atoms with van der Waals surface area (Å²) in [4.78, 5) is 38.3. The number of carbonyl (C=O) groups is 3. The third-order valence-corrected chi connectivity index (χ3v) is 8.21. The fourth-order valence-corrected chi connectivity index (χ4v) is 6.50. The number of amides is 2. The molecule has 2 N–H and O–H groups in total. The number of ether oxygens (including phenoxy) is 1. The van der Waals surface area contributed by atoms with Crippen LogP contribution in [0.3, 0.4) is 0 Å². The van der Waals surface area contributed by atoms with Gasteiger partial charge in [0.05, 0.1) is 11.8 Å². The standard InChI is InChI=1S/C27H28N2O5/c30-24(31)9-16-13-29(14-16)25(32)27-11-17(27)10-18(12-27)28-26(33)34-15-23-21-7-3-1-5-19(21)20-6-2-4-8-22(20)23/h1-8,16-18,23H,9-15H2,(H,28,33)(H,30,31)/t17-,18+,27+/m0/s1. The van der Waals surface area contributed by atoms with Crippen molar-refractivity contribution >= 4 is 18.0 Å². The van der Waals surface area contributed by atoms with Crippen molar-refractivity contribution in [1.29, 1.82) is 0 Å². The van der Waals surface area contributed by atoms with Crippen LogP contribution in [0.5, 0.6) is 0 Å². The van der Waals surface area contributed by atoms with Crippen LogP contribution in [0, 0.1) is 17.3 Å². The van der Waals surface area contributed by atoms with Gasteiger partial charge in [-0.05, 0) is 47.4 Å². The average molecular weight is 461 g/mol. The lowest BCUT2D eigenvalue weighted by Gasteiger charge is -2.40. The Balaban J connectivity index is 1.03. The zero-order chi connectivity index (χ0) is 23.4. The quantitative estimate of drug-likeness (QED) is 0.686. The molecule has 7 heteroatoms. The smallest absolute Gasteiger partial charge is 0.407 e. The highest BCUT2D eigenvalue weighted by atomic mass is 16.5. The minimum atomic E-state index is -0.812. The van der Waals surface area contributed by atoms with Gasteiger partial charge in [-0.15, -0.1) is 0 Å². The number of benzene rings is 2. The minimum absolute atomic E-state index is 0.0215. The average Bonchev–Trinajstić information content (AvgIpc) is 3.22. The first-order chi connectivity index (χ1) is 16.4. The number of hydrogen-bond donors (Lipinski definition) is 2. The SMILES string of the molecule is O=C(O)CC1CN(C(=O)[C@]23C[C@H](NC(=O)OCC4c5ccccc5-c5ccccc54)C[C@H]2C3)C1. The van der Waals surface area contributed by atoms with E-state index >= 15 is 0 Å². The van der Waals surface area contributed by atoms with E-state index in [1.54, 1.807) is 4.90 Å². The molecule has 7 nitrogen and oxygen atoms in total. The molecule has 2 amide bonds. The summed E-state index contributed by atoms with van der Waals surface area (Å²) >= 11 is 0. The van der Waals surface area contributed by atoms with Crippen molar-refractivity contribution in [3.05, 3.63) is 59.7 Å². The Bertz CT molecular complexity index is 1130. The Morgan fingerprint density at radius 2 is 1.65 bits per heavy atom. The number of aliphatic carboxylic acids is 1. The third kappa shape index (κ3) is 3.45. The Kier molecular flexibility index (Phi) is 4.90. The second kappa shape index (κ2) is 7.86. The lowest BCUT2D eigenvalue weighted by atomic mass is 9.92. The summed E-state index contributed by atoms with van der Waals surface area (Å²) in [5.74, 6) is -0.291. The van der Waals surface area contributed by atoms with Crippen molar-refractivity contribution in [3.63, 3.8) is 0 Å². The monoisotopic (exact) mass is 460 g/mol. The molecular weight excluding hydrogens is 432 g/mol. The maximum Gasteiger partial charge on any atom is 0.407 e. The van der Waals surface area contributed by atoms with Gasteiger partial charge in [0.15, 0.2) is 0 Å². The molecule has 0 spiro atoms. The van der Waals surface area contributed by atoms with Crippen LogP contribution in [0.25, 0.3) is 11.1 Å². The molecule has 0 unspecified atom stereocenters. The van der Waals surface area contributed by atoms with Crippen molar-refractivity contribution in [1.82, 2.24) is 10.2 Å². The van der Waals surface area contributed by atoms with Crippen LogP contribution in [-0.4, -0.2) is 53.7 Å². The number of carboxylic acid groups (broad SMARTS) is 1. The number of carbonyl (C=O) groups excluding carboxylic acids is 2. The summed E-state index contributed by atoms with van der Waals surface area (Å²) < 4.78 is 5.67. The van der Waals surface area contributed by atoms with Crippen LogP contribution < -0.4 is 5.32 Å². The number of hydrogen-bond acceptors (Lipinski definition) is 4. The fraction of sp³-hybridized carbons (Fsp3) is 0.444. The molecule has 0 radical (unpaired) electrons. The van der Waals surface area contributed by atoms with Crippen LogP contribution in [-0.2, 0) is 14.3 Å². The maximum atomic E-state index is 13.0. The predicted molar refractivity (Wildman–Crippen MR) is 124 cm³/mol. The molecule has 2 aromatic carbocycles. The molecule has 34 heavy (non-hydrogen) atoms. The first kappa shape index (κ1) is 21.2. The van der Waals surface area contributed by atoms with Crippen LogP contribution in [0.4, 0.5) is 4.79 Å². The van der Waals surface area contributed by atoms with E-state index in [0.717, 1.165) is 12.8 Å². The van der Waals surface area contributed by atoms with E-state index in [1.807, 2.05) is 24.3 Å². The van der Waals surface area contributed by atoms with E-state index in [2.05, 4.69) is 29.6 Å². The number of nitrogens with zero attached hydrogens (tertiary/aromatic N) is 1. The van der Waals surface area contributed by atoms with Gasteiger partial charge in [0, 0.05) is 31.0 Å². The summed E-state index contributed by atoms with van der Waals surface area (Å²) in [5, 5.41) is 11.9. The second-order valence-electron chi connectivity index (χ2n) is 10.3. The molecule has 6 rings (SSSR count). The molecule has 3 fully saturated rings. The van der Waals surface area contributed by atoms with Crippen molar-refractivity contribution in [2.24, 2.45) is 17.3 Å². The molecule has 4 aliphatic rings. The maximum absolute atomic E-state index is 13.0. The minimum Gasteiger partial charge on any atom is -0.481 e. The number of nitrogens with one attached hydrogen (secondary N) is 1. The van der Waals surface area contributed by atoms with Gasteiger partial charge in [-0.25, -0.2) is 4.79 Å². The molecule has 1 saturated heterocycles. The fourth-order valence-electron chi connectivity index (χ4n) is 6.50. The van der Waals surface area contributed by atoms with Crippen molar-refractivity contribution in [2.45, 2.75) is 37.6 Å². The third-order valence-electron chi connectivity index (χ3n) is 8.21. The van der Waals surface area contributed by atoms with Crippen LogP contribution >= 0.6 is 0 Å². The van der Waals surface area contributed by atoms with E-state index in [0.29, 0.717) is 25.4 Å². The molecule has 176 valence electrons. The van der Waals surface area contributed by atoms with E-state index in [9.17, 15) is 14.4 Å². The zero-order valence-electron chi connectivity index (χ0n) is 18.9. The summed E-state index contributed by atoms with van der Waals surface area (Å²) in [6, 6.07) is 16.4. The van der Waals surface area contributed by atoms with Crippen molar-refractivity contribution < 1.29 is 24.2 Å². The van der Waals surface area contributed by atoms with Gasteiger partial charge in [-0.3, -0.25) is 9.59 Å². The Hall–Kier alpha value is -3.35. The highest BCUT2D eigenvalue weighted by Crippen LogP contribution is 2.64. The van der Waals surface area contributed by atoms with Gasteiger partial charge >= 0.3 is 12.1 Å². The highest BCUT2D eigenvalue weighted by molar-refractivity contribution is 5.88. The normalized spacial score (nSPS) is 26.8. The summed E-state index contributed by atoms with van der Waals surface area (Å²) in [7, 11) is 0. The van der Waals surface area contributed by atoms with E-state index < -0.39 is 12.1 Å². The highest BCUT2D eigenvalue weighted by Gasteiger charge is 2.66. The largest absolute Gasteiger partial charge is 0.481 e. The molecule has 3 atom stereocenters. The van der Waals surface area contributed by atoms with Crippen LogP contribution in [0.1, 0.15) is 42.7 Å².